The van der Waals surface area contributed by atoms with Crippen molar-refractivity contribution in [1.82, 2.24) is 4.98 Å². The van der Waals surface area contributed by atoms with E-state index in [4.69, 9.17) is 20.6 Å². The van der Waals surface area contributed by atoms with Gasteiger partial charge in [-0.25, -0.2) is 4.98 Å². The first-order chi connectivity index (χ1) is 8.19. The van der Waals surface area contributed by atoms with Gasteiger partial charge in [-0.15, -0.1) is 0 Å². The van der Waals surface area contributed by atoms with E-state index in [9.17, 15) is 0 Å². The molecule has 0 fully saturated rings. The fourth-order valence-electron chi connectivity index (χ4n) is 1.37. The second kappa shape index (κ2) is 6.82. The molecule has 1 atom stereocenters. The number of pyridine rings is 1. The van der Waals surface area contributed by atoms with Gasteiger partial charge in [0, 0.05) is 27.0 Å². The van der Waals surface area contributed by atoms with Crippen molar-refractivity contribution in [2.75, 3.05) is 32.7 Å². The van der Waals surface area contributed by atoms with Crippen LogP contribution in [0, 0.1) is 5.41 Å². The van der Waals surface area contributed by atoms with Crippen LogP contribution in [0.5, 0.6) is 0 Å². The van der Waals surface area contributed by atoms with E-state index in [1.165, 1.54) is 0 Å². The maximum Gasteiger partial charge on any atom is 0.137 e. The minimum Gasteiger partial charge on any atom is -0.384 e. The molecule has 94 valence electrons. The number of rotatable bonds is 7. The number of ether oxygens (including phenoxy) is 2. The molecule has 6 nitrogen and oxygen atoms in total. The van der Waals surface area contributed by atoms with Crippen LogP contribution in [0.15, 0.2) is 18.3 Å². The summed E-state index contributed by atoms with van der Waals surface area (Å²) in [5.41, 5.74) is 6.04. The fraction of sp³-hybridized carbons (Fsp3) is 0.455. The summed E-state index contributed by atoms with van der Waals surface area (Å²) in [7, 11) is 3.24. The lowest BCUT2D eigenvalue weighted by Gasteiger charge is -2.16. The van der Waals surface area contributed by atoms with Crippen molar-refractivity contribution in [3.8, 4) is 0 Å². The van der Waals surface area contributed by atoms with Gasteiger partial charge in [0.15, 0.2) is 0 Å². The van der Waals surface area contributed by atoms with Gasteiger partial charge >= 0.3 is 0 Å². The third kappa shape index (κ3) is 4.01. The first kappa shape index (κ1) is 13.4. The highest BCUT2D eigenvalue weighted by atomic mass is 16.5. The number of aromatic nitrogens is 1. The van der Waals surface area contributed by atoms with Crippen LogP contribution in [0.25, 0.3) is 0 Å². The van der Waals surface area contributed by atoms with Gasteiger partial charge in [0.25, 0.3) is 0 Å². The zero-order valence-corrected chi connectivity index (χ0v) is 10.1. The minimum absolute atomic E-state index is 0.0127. The third-order valence-corrected chi connectivity index (χ3v) is 2.28. The van der Waals surface area contributed by atoms with Crippen molar-refractivity contribution in [1.29, 1.82) is 5.41 Å². The third-order valence-electron chi connectivity index (χ3n) is 2.28. The Bertz CT molecular complexity index is 370. The average molecular weight is 238 g/mol. The summed E-state index contributed by atoms with van der Waals surface area (Å²) in [5, 5.41) is 10.5. The van der Waals surface area contributed by atoms with Crippen molar-refractivity contribution >= 4 is 11.7 Å². The predicted octanol–water partition coefficient (Wildman–Crippen LogP) is 0.439. The van der Waals surface area contributed by atoms with Gasteiger partial charge < -0.3 is 20.5 Å². The number of hydrogen-bond donors (Lipinski definition) is 3. The lowest BCUT2D eigenvalue weighted by Crippen LogP contribution is -2.28. The maximum atomic E-state index is 7.43. The Kier molecular flexibility index (Phi) is 5.38. The van der Waals surface area contributed by atoms with Gasteiger partial charge in [-0.1, -0.05) is 0 Å². The first-order valence-electron chi connectivity index (χ1n) is 5.24. The number of anilines is 1. The molecule has 0 radical (unpaired) electrons. The molecule has 0 aliphatic rings. The molecule has 0 saturated carbocycles. The molecule has 0 aromatic carbocycles. The molecule has 1 aromatic rings. The van der Waals surface area contributed by atoms with Crippen molar-refractivity contribution in [3.05, 3.63) is 23.9 Å². The van der Waals surface area contributed by atoms with Gasteiger partial charge in [-0.05, 0) is 12.1 Å². The van der Waals surface area contributed by atoms with Gasteiger partial charge in [-0.3, -0.25) is 5.41 Å². The van der Waals surface area contributed by atoms with Crippen molar-refractivity contribution in [3.63, 3.8) is 0 Å². The van der Waals surface area contributed by atoms with Gasteiger partial charge in [0.1, 0.15) is 11.7 Å². The first-order valence-corrected chi connectivity index (χ1v) is 5.24. The van der Waals surface area contributed by atoms with Crippen LogP contribution >= 0.6 is 0 Å². The predicted molar refractivity (Wildman–Crippen MR) is 66.4 cm³/mol. The average Bonchev–Trinajstić information content (AvgIpc) is 2.34. The molecule has 4 N–H and O–H groups in total. The van der Waals surface area contributed by atoms with Crippen LogP contribution in [-0.2, 0) is 9.47 Å². The molecule has 1 heterocycles. The highest BCUT2D eigenvalue weighted by Gasteiger charge is 2.10. The molecule has 6 heteroatoms. The second-order valence-corrected chi connectivity index (χ2v) is 3.51. The molecule has 0 saturated heterocycles. The summed E-state index contributed by atoms with van der Waals surface area (Å²) in [6.45, 7) is 1.04. The van der Waals surface area contributed by atoms with Crippen LogP contribution in [0.3, 0.4) is 0 Å². The normalized spacial score (nSPS) is 12.1. The summed E-state index contributed by atoms with van der Waals surface area (Å²) in [6.07, 6.45) is 1.58. The van der Waals surface area contributed by atoms with Crippen LogP contribution in [0.1, 0.15) is 5.56 Å². The van der Waals surface area contributed by atoms with E-state index in [0.29, 0.717) is 24.5 Å². The lowest BCUT2D eigenvalue weighted by molar-refractivity contribution is 0.0365. The Hall–Kier alpha value is -1.66. The summed E-state index contributed by atoms with van der Waals surface area (Å²) in [4.78, 5) is 4.14. The standard InChI is InChI=1S/C11H18N4O2/c1-16-7-8(17-2)6-15-11-9(10(12)13)4-3-5-14-11/h3-5,8H,6-7H2,1-2H3,(H3,12,13)(H,14,15). The van der Waals surface area contributed by atoms with Crippen molar-refractivity contribution in [2.45, 2.75) is 6.10 Å². The molecule has 1 aromatic heterocycles. The smallest absolute Gasteiger partial charge is 0.137 e. The summed E-state index contributed by atoms with van der Waals surface area (Å²) < 4.78 is 10.2. The molecule has 17 heavy (non-hydrogen) atoms. The minimum atomic E-state index is -0.0678. The Balaban J connectivity index is 2.65. The highest BCUT2D eigenvalue weighted by Crippen LogP contribution is 2.10. The molecule has 0 aliphatic carbocycles. The van der Waals surface area contributed by atoms with E-state index in [1.807, 2.05) is 0 Å². The number of nitrogens with zero attached hydrogens (tertiary/aromatic N) is 1. The number of nitrogens with one attached hydrogen (secondary N) is 2. The summed E-state index contributed by atoms with van der Waals surface area (Å²) >= 11 is 0. The topological polar surface area (TPSA) is 93.2 Å². The molecule has 0 spiro atoms. The number of amidine groups is 1. The molecule has 0 bridgehead atoms. The summed E-state index contributed by atoms with van der Waals surface area (Å²) in [6, 6.07) is 3.49. The fourth-order valence-corrected chi connectivity index (χ4v) is 1.37. The number of nitrogen functional groups attached to an aromatic ring is 1. The Labute approximate surface area is 101 Å². The monoisotopic (exact) mass is 238 g/mol. The zero-order chi connectivity index (χ0) is 12.7. The van der Waals surface area contributed by atoms with Crippen LogP contribution in [0.4, 0.5) is 5.82 Å². The van der Waals surface area contributed by atoms with E-state index in [1.54, 1.807) is 32.5 Å². The lowest BCUT2D eigenvalue weighted by atomic mass is 10.2. The van der Waals surface area contributed by atoms with Gasteiger partial charge in [-0.2, -0.15) is 0 Å². The molecule has 1 rings (SSSR count). The van der Waals surface area contributed by atoms with E-state index in [0.717, 1.165) is 0 Å². The van der Waals surface area contributed by atoms with Crippen LogP contribution in [-0.4, -0.2) is 44.3 Å². The van der Waals surface area contributed by atoms with Crippen molar-refractivity contribution in [2.24, 2.45) is 5.73 Å². The Morgan fingerprint density at radius 2 is 2.35 bits per heavy atom. The highest BCUT2D eigenvalue weighted by molar-refractivity contribution is 5.99. The zero-order valence-electron chi connectivity index (χ0n) is 10.1. The molecular weight excluding hydrogens is 220 g/mol. The van der Waals surface area contributed by atoms with Crippen LogP contribution < -0.4 is 11.1 Å². The Morgan fingerprint density at radius 1 is 1.59 bits per heavy atom. The number of methoxy groups -OCH3 is 2. The van der Waals surface area contributed by atoms with E-state index in [-0.39, 0.29) is 11.9 Å². The van der Waals surface area contributed by atoms with E-state index >= 15 is 0 Å². The number of nitrogens with two attached hydrogens (primary N) is 1. The van der Waals surface area contributed by atoms with Crippen LogP contribution in [0.2, 0.25) is 0 Å². The van der Waals surface area contributed by atoms with E-state index < -0.39 is 0 Å². The van der Waals surface area contributed by atoms with E-state index in [2.05, 4.69) is 10.3 Å². The maximum absolute atomic E-state index is 7.43. The quantitative estimate of drug-likeness (QED) is 0.473. The second-order valence-electron chi connectivity index (χ2n) is 3.51. The SMILES string of the molecule is COCC(CNc1ncccc1C(=N)N)OC. The van der Waals surface area contributed by atoms with Crippen molar-refractivity contribution < 1.29 is 9.47 Å². The Morgan fingerprint density at radius 3 is 2.94 bits per heavy atom. The largest absolute Gasteiger partial charge is 0.384 e. The molecule has 1 unspecified atom stereocenters. The molecule has 0 amide bonds. The molecular formula is C11H18N4O2. The van der Waals surface area contributed by atoms with Gasteiger partial charge in [0.2, 0.25) is 0 Å². The van der Waals surface area contributed by atoms with Gasteiger partial charge in [0.05, 0.1) is 18.3 Å². The molecule has 0 aliphatic heterocycles. The summed E-state index contributed by atoms with van der Waals surface area (Å²) in [5.74, 6) is 0.569. The number of hydrogen-bond acceptors (Lipinski definition) is 5.